The van der Waals surface area contributed by atoms with E-state index < -0.39 is 11.8 Å². The third-order valence-electron chi connectivity index (χ3n) is 2.88. The minimum absolute atomic E-state index is 0.296. The molecule has 2 aromatic carbocycles. The lowest BCUT2D eigenvalue weighted by molar-refractivity contribution is -0.123. The number of nitrogens with one attached hydrogen (secondary N) is 2. The van der Waals surface area contributed by atoms with Gasteiger partial charge in [0.05, 0.1) is 5.02 Å². The summed E-state index contributed by atoms with van der Waals surface area (Å²) < 4.78 is 5.25. The van der Waals surface area contributed by atoms with Crippen LogP contribution in [0, 0.1) is 6.92 Å². The minimum Gasteiger partial charge on any atom is -0.482 e. The van der Waals surface area contributed by atoms with Crippen LogP contribution < -0.4 is 15.6 Å². The van der Waals surface area contributed by atoms with Crippen LogP contribution in [0.3, 0.4) is 0 Å². The quantitative estimate of drug-likeness (QED) is 0.830. The molecule has 0 aliphatic rings. The Hall–Kier alpha value is -2.24. The number of carbonyl (C=O) groups is 2. The second-order valence-electron chi connectivity index (χ2n) is 4.73. The van der Waals surface area contributed by atoms with Gasteiger partial charge in [0, 0.05) is 10.6 Å². The number of halogens is 2. The van der Waals surface area contributed by atoms with Gasteiger partial charge in [0.15, 0.2) is 6.61 Å². The Bertz CT molecular complexity index is 718. The highest BCUT2D eigenvalue weighted by atomic mass is 35.5. The van der Waals surface area contributed by atoms with Crippen molar-refractivity contribution >= 4 is 35.0 Å². The van der Waals surface area contributed by atoms with Crippen LogP contribution >= 0.6 is 23.2 Å². The SMILES string of the molecule is Cc1ccc(C(=O)NNC(=O)COc2ccc(Cl)cc2Cl)cc1. The monoisotopic (exact) mass is 352 g/mol. The third kappa shape index (κ3) is 5.16. The predicted molar refractivity (Wildman–Crippen MR) is 88.7 cm³/mol. The molecule has 0 aliphatic heterocycles. The second-order valence-corrected chi connectivity index (χ2v) is 5.58. The maximum Gasteiger partial charge on any atom is 0.276 e. The van der Waals surface area contributed by atoms with Crippen molar-refractivity contribution in [2.24, 2.45) is 0 Å². The summed E-state index contributed by atoms with van der Waals surface area (Å²) in [6, 6.07) is 11.6. The molecule has 120 valence electrons. The summed E-state index contributed by atoms with van der Waals surface area (Å²) in [5.74, 6) is -0.601. The molecule has 7 heteroatoms. The van der Waals surface area contributed by atoms with Crippen molar-refractivity contribution in [2.75, 3.05) is 6.61 Å². The summed E-state index contributed by atoms with van der Waals surface area (Å²) in [6.45, 7) is 1.62. The molecule has 2 rings (SSSR count). The van der Waals surface area contributed by atoms with Gasteiger partial charge in [-0.1, -0.05) is 40.9 Å². The van der Waals surface area contributed by atoms with Crippen molar-refractivity contribution in [3.63, 3.8) is 0 Å². The van der Waals surface area contributed by atoms with Crippen LogP contribution in [0.1, 0.15) is 15.9 Å². The molecule has 2 N–H and O–H groups in total. The van der Waals surface area contributed by atoms with Gasteiger partial charge in [-0.15, -0.1) is 0 Å². The average molecular weight is 353 g/mol. The number of amides is 2. The summed E-state index contributed by atoms with van der Waals surface area (Å²) in [5, 5.41) is 0.770. The summed E-state index contributed by atoms with van der Waals surface area (Å²) in [6.07, 6.45) is 0. The van der Waals surface area contributed by atoms with E-state index in [1.807, 2.05) is 19.1 Å². The number of hydrogen-bond acceptors (Lipinski definition) is 3. The van der Waals surface area contributed by atoms with E-state index in [-0.39, 0.29) is 6.61 Å². The van der Waals surface area contributed by atoms with Crippen molar-refractivity contribution in [3.8, 4) is 5.75 Å². The minimum atomic E-state index is -0.517. The zero-order chi connectivity index (χ0) is 16.8. The molecule has 0 heterocycles. The Labute approximate surface area is 143 Å². The molecule has 23 heavy (non-hydrogen) atoms. The summed E-state index contributed by atoms with van der Waals surface area (Å²) in [4.78, 5) is 23.5. The summed E-state index contributed by atoms with van der Waals surface area (Å²) in [5.41, 5.74) is 6.05. The molecule has 0 aliphatic carbocycles. The highest BCUT2D eigenvalue weighted by Gasteiger charge is 2.09. The molecule has 0 saturated carbocycles. The third-order valence-corrected chi connectivity index (χ3v) is 3.41. The van der Waals surface area contributed by atoms with E-state index in [1.165, 1.54) is 6.07 Å². The van der Waals surface area contributed by atoms with Gasteiger partial charge in [-0.3, -0.25) is 20.4 Å². The number of benzene rings is 2. The Kier molecular flexibility index (Phi) is 5.84. The largest absolute Gasteiger partial charge is 0.482 e. The molecule has 0 aromatic heterocycles. The molecule has 0 atom stereocenters. The van der Waals surface area contributed by atoms with Gasteiger partial charge in [-0.2, -0.15) is 0 Å². The Morgan fingerprint density at radius 2 is 1.74 bits per heavy atom. The van der Waals surface area contributed by atoms with E-state index in [1.54, 1.807) is 24.3 Å². The van der Waals surface area contributed by atoms with Gasteiger partial charge in [0.1, 0.15) is 5.75 Å². The fraction of sp³-hybridized carbons (Fsp3) is 0.125. The van der Waals surface area contributed by atoms with Gasteiger partial charge in [0.25, 0.3) is 11.8 Å². The van der Waals surface area contributed by atoms with E-state index in [9.17, 15) is 9.59 Å². The fourth-order valence-electron chi connectivity index (χ4n) is 1.68. The van der Waals surface area contributed by atoms with Crippen molar-refractivity contribution in [3.05, 3.63) is 63.6 Å². The lowest BCUT2D eigenvalue weighted by Crippen LogP contribution is -2.43. The van der Waals surface area contributed by atoms with Gasteiger partial charge in [0.2, 0.25) is 0 Å². The van der Waals surface area contributed by atoms with Crippen LogP contribution in [-0.4, -0.2) is 18.4 Å². The first-order chi connectivity index (χ1) is 11.0. The molecular weight excluding hydrogens is 339 g/mol. The lowest BCUT2D eigenvalue weighted by Gasteiger charge is -2.10. The first-order valence-electron chi connectivity index (χ1n) is 6.69. The Morgan fingerprint density at radius 3 is 2.39 bits per heavy atom. The van der Waals surface area contributed by atoms with Crippen LogP contribution in [0.15, 0.2) is 42.5 Å². The number of hydrazine groups is 1. The van der Waals surface area contributed by atoms with E-state index >= 15 is 0 Å². The van der Waals surface area contributed by atoms with Crippen molar-refractivity contribution in [1.82, 2.24) is 10.9 Å². The van der Waals surface area contributed by atoms with Crippen LogP contribution in [0.25, 0.3) is 0 Å². The van der Waals surface area contributed by atoms with Crippen molar-refractivity contribution < 1.29 is 14.3 Å². The van der Waals surface area contributed by atoms with Crippen LogP contribution in [0.4, 0.5) is 0 Å². The van der Waals surface area contributed by atoms with Crippen LogP contribution in [0.5, 0.6) is 5.75 Å². The van der Waals surface area contributed by atoms with Gasteiger partial charge < -0.3 is 4.74 Å². The normalized spacial score (nSPS) is 10.0. The number of rotatable bonds is 4. The average Bonchev–Trinajstić information content (AvgIpc) is 2.52. The first-order valence-corrected chi connectivity index (χ1v) is 7.45. The number of ether oxygens (including phenoxy) is 1. The molecule has 0 unspecified atom stereocenters. The number of carbonyl (C=O) groups excluding carboxylic acids is 2. The fourth-order valence-corrected chi connectivity index (χ4v) is 2.14. The maximum absolute atomic E-state index is 11.8. The molecule has 0 spiro atoms. The standard InChI is InChI=1S/C16H14Cl2N2O3/c1-10-2-4-11(5-3-10)16(22)20-19-15(21)9-23-14-7-6-12(17)8-13(14)18/h2-8H,9H2,1H3,(H,19,21)(H,20,22). The van der Waals surface area contributed by atoms with E-state index in [0.29, 0.717) is 21.4 Å². The van der Waals surface area contributed by atoms with Crippen molar-refractivity contribution in [1.29, 1.82) is 0 Å². The maximum atomic E-state index is 11.8. The van der Waals surface area contributed by atoms with Crippen LogP contribution in [-0.2, 0) is 4.79 Å². The second kappa shape index (κ2) is 7.85. The highest BCUT2D eigenvalue weighted by Crippen LogP contribution is 2.27. The summed E-state index contributed by atoms with van der Waals surface area (Å²) in [7, 11) is 0. The zero-order valence-electron chi connectivity index (χ0n) is 12.2. The highest BCUT2D eigenvalue weighted by molar-refractivity contribution is 6.35. The smallest absolute Gasteiger partial charge is 0.276 e. The van der Waals surface area contributed by atoms with Crippen LogP contribution in [0.2, 0.25) is 10.0 Å². The number of aryl methyl sites for hydroxylation is 1. The van der Waals surface area contributed by atoms with E-state index in [4.69, 9.17) is 27.9 Å². The molecular formula is C16H14Cl2N2O3. The molecule has 0 radical (unpaired) electrons. The van der Waals surface area contributed by atoms with E-state index in [0.717, 1.165) is 5.56 Å². The predicted octanol–water partition coefficient (Wildman–Crippen LogP) is 3.14. The molecule has 0 fully saturated rings. The zero-order valence-corrected chi connectivity index (χ0v) is 13.7. The Balaban J connectivity index is 1.81. The van der Waals surface area contributed by atoms with Gasteiger partial charge in [-0.25, -0.2) is 0 Å². The van der Waals surface area contributed by atoms with Crippen molar-refractivity contribution in [2.45, 2.75) is 6.92 Å². The molecule has 5 nitrogen and oxygen atoms in total. The first kappa shape index (κ1) is 17.1. The molecule has 2 amide bonds. The lowest BCUT2D eigenvalue weighted by atomic mass is 10.1. The molecule has 0 bridgehead atoms. The molecule has 2 aromatic rings. The summed E-state index contributed by atoms with van der Waals surface area (Å²) >= 11 is 11.7. The molecule has 0 saturated heterocycles. The van der Waals surface area contributed by atoms with Gasteiger partial charge >= 0.3 is 0 Å². The number of hydrogen-bond donors (Lipinski definition) is 2. The van der Waals surface area contributed by atoms with Gasteiger partial charge in [-0.05, 0) is 37.3 Å². The van der Waals surface area contributed by atoms with E-state index in [2.05, 4.69) is 10.9 Å². The Morgan fingerprint density at radius 1 is 1.04 bits per heavy atom. The topological polar surface area (TPSA) is 67.4 Å².